The second kappa shape index (κ2) is 7.70. The zero-order valence-corrected chi connectivity index (χ0v) is 16.0. The number of carbonyl (C=O) groups excluding carboxylic acids is 2. The molecule has 0 aliphatic carbocycles. The fourth-order valence-corrected chi connectivity index (χ4v) is 3.31. The molecule has 6 nitrogen and oxygen atoms in total. The number of nitrogens with zero attached hydrogens (tertiary/aromatic N) is 1. The third-order valence-corrected chi connectivity index (χ3v) is 4.81. The Kier molecular flexibility index (Phi) is 5.35. The molecule has 27 heavy (non-hydrogen) atoms. The van der Waals surface area contributed by atoms with Gasteiger partial charge in [0, 0.05) is 24.7 Å². The van der Waals surface area contributed by atoms with E-state index >= 15 is 0 Å². The zero-order valence-electron chi connectivity index (χ0n) is 16.0. The Bertz CT molecular complexity index is 878. The van der Waals surface area contributed by atoms with Gasteiger partial charge in [0.25, 0.3) is 0 Å². The fourth-order valence-electron chi connectivity index (χ4n) is 3.31. The summed E-state index contributed by atoms with van der Waals surface area (Å²) in [6.07, 6.45) is 0.173. The Hall–Kier alpha value is -3.02. The molecule has 1 fully saturated rings. The summed E-state index contributed by atoms with van der Waals surface area (Å²) in [5, 5.41) is 2.95. The van der Waals surface area contributed by atoms with Gasteiger partial charge in [-0.15, -0.1) is 0 Å². The lowest BCUT2D eigenvalue weighted by Gasteiger charge is -2.20. The number of ether oxygens (including phenoxy) is 2. The number of anilines is 2. The van der Waals surface area contributed by atoms with E-state index in [2.05, 4.69) is 5.32 Å². The van der Waals surface area contributed by atoms with Crippen LogP contribution in [0.2, 0.25) is 0 Å². The van der Waals surface area contributed by atoms with Crippen molar-refractivity contribution in [2.24, 2.45) is 5.92 Å². The SMILES string of the molecule is COc1ccc(N2CC(C(=O)Nc3ccc(C)cc3C)CC2=O)c(OC)c1. The van der Waals surface area contributed by atoms with Gasteiger partial charge >= 0.3 is 0 Å². The Morgan fingerprint density at radius 3 is 2.56 bits per heavy atom. The van der Waals surface area contributed by atoms with Crippen LogP contribution < -0.4 is 19.7 Å². The van der Waals surface area contributed by atoms with E-state index in [9.17, 15) is 9.59 Å². The molecule has 1 aliphatic rings. The summed E-state index contributed by atoms with van der Waals surface area (Å²) in [5.74, 6) is 0.527. The number of rotatable bonds is 5. The first-order valence-electron chi connectivity index (χ1n) is 8.83. The van der Waals surface area contributed by atoms with Crippen LogP contribution in [0, 0.1) is 19.8 Å². The lowest BCUT2D eigenvalue weighted by atomic mass is 10.1. The first kappa shape index (κ1) is 18.8. The highest BCUT2D eigenvalue weighted by atomic mass is 16.5. The van der Waals surface area contributed by atoms with E-state index in [4.69, 9.17) is 9.47 Å². The second-order valence-corrected chi connectivity index (χ2v) is 6.75. The number of nitrogens with one attached hydrogen (secondary N) is 1. The van der Waals surface area contributed by atoms with E-state index in [-0.39, 0.29) is 18.2 Å². The molecule has 0 bridgehead atoms. The smallest absolute Gasteiger partial charge is 0.229 e. The third kappa shape index (κ3) is 3.89. The molecule has 1 aliphatic heterocycles. The third-order valence-electron chi connectivity index (χ3n) is 4.81. The summed E-state index contributed by atoms with van der Waals surface area (Å²) >= 11 is 0. The molecule has 142 valence electrons. The summed E-state index contributed by atoms with van der Waals surface area (Å²) in [5.41, 5.74) is 3.56. The Morgan fingerprint density at radius 2 is 1.89 bits per heavy atom. The van der Waals surface area contributed by atoms with Gasteiger partial charge in [-0.1, -0.05) is 17.7 Å². The molecule has 0 saturated carbocycles. The first-order valence-corrected chi connectivity index (χ1v) is 8.83. The average molecular weight is 368 g/mol. The molecular formula is C21H24N2O4. The number of benzene rings is 2. The van der Waals surface area contributed by atoms with Crippen LogP contribution in [0.3, 0.4) is 0 Å². The van der Waals surface area contributed by atoms with Gasteiger partial charge in [0.1, 0.15) is 11.5 Å². The zero-order chi connectivity index (χ0) is 19.6. The van der Waals surface area contributed by atoms with Gasteiger partial charge in [-0.3, -0.25) is 9.59 Å². The molecule has 0 radical (unpaired) electrons. The number of hydrogen-bond acceptors (Lipinski definition) is 4. The van der Waals surface area contributed by atoms with Crippen molar-refractivity contribution in [1.82, 2.24) is 0 Å². The van der Waals surface area contributed by atoms with E-state index in [1.54, 1.807) is 37.3 Å². The molecule has 3 rings (SSSR count). The van der Waals surface area contributed by atoms with Crippen molar-refractivity contribution in [3.63, 3.8) is 0 Å². The molecule has 1 heterocycles. The van der Waals surface area contributed by atoms with Gasteiger partial charge in [-0.2, -0.15) is 0 Å². The number of hydrogen-bond donors (Lipinski definition) is 1. The van der Waals surface area contributed by atoms with Crippen molar-refractivity contribution in [3.8, 4) is 11.5 Å². The van der Waals surface area contributed by atoms with Crippen LogP contribution in [0.1, 0.15) is 17.5 Å². The minimum absolute atomic E-state index is 0.0979. The van der Waals surface area contributed by atoms with Gasteiger partial charge in [0.15, 0.2) is 0 Å². The maximum Gasteiger partial charge on any atom is 0.229 e. The molecule has 6 heteroatoms. The van der Waals surface area contributed by atoms with Crippen LogP contribution >= 0.6 is 0 Å². The van der Waals surface area contributed by atoms with Crippen LogP contribution in [0.15, 0.2) is 36.4 Å². The molecule has 1 saturated heterocycles. The van der Waals surface area contributed by atoms with Gasteiger partial charge in [-0.05, 0) is 37.6 Å². The van der Waals surface area contributed by atoms with Crippen LogP contribution in [0.4, 0.5) is 11.4 Å². The van der Waals surface area contributed by atoms with E-state index in [0.29, 0.717) is 23.7 Å². The van der Waals surface area contributed by atoms with E-state index < -0.39 is 5.92 Å². The van der Waals surface area contributed by atoms with Crippen molar-refractivity contribution < 1.29 is 19.1 Å². The van der Waals surface area contributed by atoms with Crippen LogP contribution in [-0.2, 0) is 9.59 Å². The number of amides is 2. The van der Waals surface area contributed by atoms with Crippen molar-refractivity contribution in [3.05, 3.63) is 47.5 Å². The molecule has 0 spiro atoms. The maximum absolute atomic E-state index is 12.7. The molecule has 2 aromatic carbocycles. The summed E-state index contributed by atoms with van der Waals surface area (Å²) in [6, 6.07) is 11.1. The van der Waals surface area contributed by atoms with Crippen LogP contribution in [0.5, 0.6) is 11.5 Å². The predicted octanol–water partition coefficient (Wildman–Crippen LogP) is 3.31. The standard InChI is InChI=1S/C21H24N2O4/c1-13-5-7-17(14(2)9-13)22-21(25)15-10-20(24)23(12-15)18-8-6-16(26-3)11-19(18)27-4/h5-9,11,15H,10,12H2,1-4H3,(H,22,25). The molecule has 1 N–H and O–H groups in total. The first-order chi connectivity index (χ1) is 12.9. The summed E-state index contributed by atoms with van der Waals surface area (Å²) < 4.78 is 10.6. The minimum Gasteiger partial charge on any atom is -0.497 e. The molecule has 2 aromatic rings. The number of aryl methyl sites for hydroxylation is 2. The van der Waals surface area contributed by atoms with E-state index in [1.807, 2.05) is 32.0 Å². The number of carbonyl (C=O) groups is 2. The average Bonchev–Trinajstić information content (AvgIpc) is 3.05. The largest absolute Gasteiger partial charge is 0.497 e. The maximum atomic E-state index is 12.7. The summed E-state index contributed by atoms with van der Waals surface area (Å²) in [7, 11) is 3.12. The van der Waals surface area contributed by atoms with Crippen LogP contribution in [-0.4, -0.2) is 32.6 Å². The highest BCUT2D eigenvalue weighted by Gasteiger charge is 2.36. The molecule has 0 aromatic heterocycles. The quantitative estimate of drug-likeness (QED) is 0.879. The molecule has 1 unspecified atom stereocenters. The Balaban J connectivity index is 1.76. The van der Waals surface area contributed by atoms with E-state index in [0.717, 1.165) is 16.8 Å². The minimum atomic E-state index is -0.412. The van der Waals surface area contributed by atoms with Crippen molar-refractivity contribution in [2.45, 2.75) is 20.3 Å². The Labute approximate surface area is 159 Å². The van der Waals surface area contributed by atoms with Gasteiger partial charge in [0.05, 0.1) is 25.8 Å². The summed E-state index contributed by atoms with van der Waals surface area (Å²) in [4.78, 5) is 26.8. The topological polar surface area (TPSA) is 67.9 Å². The lowest BCUT2D eigenvalue weighted by molar-refractivity contribution is -0.122. The van der Waals surface area contributed by atoms with Gasteiger partial charge < -0.3 is 19.7 Å². The molecular weight excluding hydrogens is 344 g/mol. The molecule has 1 atom stereocenters. The highest BCUT2D eigenvalue weighted by Crippen LogP contribution is 2.36. The summed E-state index contributed by atoms with van der Waals surface area (Å²) in [6.45, 7) is 4.28. The number of methoxy groups -OCH3 is 2. The van der Waals surface area contributed by atoms with Crippen molar-refractivity contribution in [1.29, 1.82) is 0 Å². The lowest BCUT2D eigenvalue weighted by Crippen LogP contribution is -2.28. The fraction of sp³-hybridized carbons (Fsp3) is 0.333. The van der Waals surface area contributed by atoms with Gasteiger partial charge in [-0.25, -0.2) is 0 Å². The normalized spacial score (nSPS) is 16.4. The van der Waals surface area contributed by atoms with Gasteiger partial charge in [0.2, 0.25) is 11.8 Å². The van der Waals surface area contributed by atoms with Crippen molar-refractivity contribution >= 4 is 23.2 Å². The van der Waals surface area contributed by atoms with E-state index in [1.165, 1.54) is 0 Å². The Morgan fingerprint density at radius 1 is 1.11 bits per heavy atom. The molecule has 2 amide bonds. The van der Waals surface area contributed by atoms with Crippen LogP contribution in [0.25, 0.3) is 0 Å². The monoisotopic (exact) mass is 368 g/mol. The predicted molar refractivity (Wildman–Crippen MR) is 105 cm³/mol. The van der Waals surface area contributed by atoms with Crippen molar-refractivity contribution in [2.75, 3.05) is 31.0 Å². The highest BCUT2D eigenvalue weighted by molar-refractivity contribution is 6.04. The second-order valence-electron chi connectivity index (χ2n) is 6.75.